The summed E-state index contributed by atoms with van der Waals surface area (Å²) in [6.07, 6.45) is -0.666. The predicted molar refractivity (Wildman–Crippen MR) is 107 cm³/mol. The highest BCUT2D eigenvalue weighted by atomic mass is 16.7. The lowest BCUT2D eigenvalue weighted by molar-refractivity contribution is 0.0124. The molecule has 3 aromatic rings. The van der Waals surface area contributed by atoms with Crippen LogP contribution in [-0.4, -0.2) is 53.1 Å². The number of H-pyrrole nitrogens is 1. The van der Waals surface area contributed by atoms with Crippen LogP contribution in [0.25, 0.3) is 10.9 Å². The summed E-state index contributed by atoms with van der Waals surface area (Å²) >= 11 is 0. The molecule has 0 saturated carbocycles. The molecular weight excluding hydrogens is 374 g/mol. The molecular formula is C21H23N3O5. The molecule has 152 valence electrons. The van der Waals surface area contributed by atoms with Crippen molar-refractivity contribution in [3.8, 4) is 11.5 Å². The van der Waals surface area contributed by atoms with Crippen LogP contribution in [0.15, 0.2) is 47.3 Å². The first-order chi connectivity index (χ1) is 14.1. The van der Waals surface area contributed by atoms with Gasteiger partial charge in [0.2, 0.25) is 6.79 Å². The van der Waals surface area contributed by atoms with Crippen LogP contribution in [0.2, 0.25) is 0 Å². The molecule has 0 fully saturated rings. The summed E-state index contributed by atoms with van der Waals surface area (Å²) in [6.45, 7) is 1.61. The van der Waals surface area contributed by atoms with Crippen molar-refractivity contribution in [2.45, 2.75) is 19.3 Å². The minimum Gasteiger partial charge on any atom is -0.454 e. The first-order valence-corrected chi connectivity index (χ1v) is 9.39. The number of aromatic amines is 1. The Bertz CT molecular complexity index is 1050. The molecule has 1 aliphatic heterocycles. The largest absolute Gasteiger partial charge is 0.454 e. The number of hydrogen-bond donors (Lipinski definition) is 2. The molecule has 2 N–H and O–H groups in total. The monoisotopic (exact) mass is 397 g/mol. The van der Waals surface area contributed by atoms with Crippen LogP contribution in [-0.2, 0) is 17.9 Å². The van der Waals surface area contributed by atoms with Gasteiger partial charge >= 0.3 is 0 Å². The van der Waals surface area contributed by atoms with Gasteiger partial charge in [-0.25, -0.2) is 4.98 Å². The van der Waals surface area contributed by atoms with E-state index in [4.69, 9.17) is 14.2 Å². The minimum atomic E-state index is -0.666. The number of fused-ring (bicyclic) bond motifs is 2. The van der Waals surface area contributed by atoms with E-state index in [9.17, 15) is 9.90 Å². The topological polar surface area (TPSA) is 96.9 Å². The smallest absolute Gasteiger partial charge is 0.258 e. The van der Waals surface area contributed by atoms with Crippen LogP contribution in [0, 0.1) is 0 Å². The molecule has 0 unspecified atom stereocenters. The number of aromatic nitrogens is 2. The van der Waals surface area contributed by atoms with Gasteiger partial charge in [-0.05, 0) is 36.9 Å². The Morgan fingerprint density at radius 3 is 2.97 bits per heavy atom. The number of para-hydroxylation sites is 1. The van der Waals surface area contributed by atoms with Crippen molar-refractivity contribution < 1.29 is 19.3 Å². The number of aliphatic hydroxyl groups is 1. The van der Waals surface area contributed by atoms with Gasteiger partial charge in [-0.15, -0.1) is 0 Å². The minimum absolute atomic E-state index is 0.161. The van der Waals surface area contributed by atoms with Crippen molar-refractivity contribution in [1.29, 1.82) is 0 Å². The van der Waals surface area contributed by atoms with Crippen molar-refractivity contribution in [2.75, 3.05) is 27.0 Å². The fourth-order valence-electron chi connectivity index (χ4n) is 3.29. The molecule has 1 aromatic heterocycles. The second kappa shape index (κ2) is 8.60. The van der Waals surface area contributed by atoms with Gasteiger partial charge in [0.05, 0.1) is 36.8 Å². The molecule has 1 aliphatic rings. The quantitative estimate of drug-likeness (QED) is 0.597. The molecule has 8 nitrogen and oxygen atoms in total. The molecule has 8 heteroatoms. The van der Waals surface area contributed by atoms with E-state index >= 15 is 0 Å². The van der Waals surface area contributed by atoms with Crippen LogP contribution in [0.5, 0.6) is 11.5 Å². The Labute approximate surface area is 167 Å². The van der Waals surface area contributed by atoms with Gasteiger partial charge in [0.25, 0.3) is 5.56 Å². The molecule has 0 aliphatic carbocycles. The maximum absolute atomic E-state index is 12.1. The molecule has 2 heterocycles. The maximum Gasteiger partial charge on any atom is 0.258 e. The number of nitrogens with one attached hydrogen (secondary N) is 1. The second-order valence-corrected chi connectivity index (χ2v) is 7.08. The summed E-state index contributed by atoms with van der Waals surface area (Å²) in [7, 11) is 1.86. The zero-order valence-electron chi connectivity index (χ0n) is 16.1. The number of hydrogen-bond acceptors (Lipinski definition) is 7. The number of aliphatic hydroxyl groups excluding tert-OH is 1. The Morgan fingerprint density at radius 2 is 2.07 bits per heavy atom. The average Bonchev–Trinajstić information content (AvgIpc) is 3.16. The third kappa shape index (κ3) is 4.73. The summed E-state index contributed by atoms with van der Waals surface area (Å²) < 4.78 is 16.3. The zero-order chi connectivity index (χ0) is 20.2. The summed E-state index contributed by atoms with van der Waals surface area (Å²) in [4.78, 5) is 21.3. The zero-order valence-corrected chi connectivity index (χ0v) is 16.1. The highest BCUT2D eigenvalue weighted by Crippen LogP contribution is 2.32. The van der Waals surface area contributed by atoms with Crippen molar-refractivity contribution in [1.82, 2.24) is 14.9 Å². The van der Waals surface area contributed by atoms with E-state index in [0.29, 0.717) is 42.2 Å². The number of ether oxygens (including phenoxy) is 3. The molecule has 0 saturated heterocycles. The van der Waals surface area contributed by atoms with E-state index in [-0.39, 0.29) is 19.0 Å². The predicted octanol–water partition coefficient (Wildman–Crippen LogP) is 1.66. The third-order valence-corrected chi connectivity index (χ3v) is 4.62. The lowest BCUT2D eigenvalue weighted by atomic mass is 10.2. The Kier molecular flexibility index (Phi) is 5.75. The van der Waals surface area contributed by atoms with Gasteiger partial charge in [-0.2, -0.15) is 0 Å². The molecule has 1 atom stereocenters. The van der Waals surface area contributed by atoms with E-state index in [0.717, 1.165) is 11.3 Å². The highest BCUT2D eigenvalue weighted by Gasteiger charge is 2.14. The second-order valence-electron chi connectivity index (χ2n) is 7.08. The van der Waals surface area contributed by atoms with Crippen molar-refractivity contribution in [3.63, 3.8) is 0 Å². The van der Waals surface area contributed by atoms with Crippen molar-refractivity contribution in [2.24, 2.45) is 0 Å². The van der Waals surface area contributed by atoms with Gasteiger partial charge in [0, 0.05) is 6.54 Å². The summed E-state index contributed by atoms with van der Waals surface area (Å²) in [5, 5.41) is 10.8. The average molecular weight is 397 g/mol. The maximum atomic E-state index is 12.1. The first-order valence-electron chi connectivity index (χ1n) is 9.39. The number of likely N-dealkylation sites (N-methyl/N-ethyl adjacent to an activating group) is 1. The molecule has 2 aromatic carbocycles. The van der Waals surface area contributed by atoms with Crippen LogP contribution >= 0.6 is 0 Å². The molecule has 4 rings (SSSR count). The lowest BCUT2D eigenvalue weighted by Crippen LogP contribution is -2.32. The Hall–Kier alpha value is -2.94. The van der Waals surface area contributed by atoms with Crippen LogP contribution in [0.3, 0.4) is 0 Å². The van der Waals surface area contributed by atoms with Crippen LogP contribution in [0.4, 0.5) is 0 Å². The first kappa shape index (κ1) is 19.4. The number of nitrogens with zero attached hydrogens (tertiary/aromatic N) is 2. The van der Waals surface area contributed by atoms with Crippen LogP contribution < -0.4 is 15.0 Å². The fraction of sp³-hybridized carbons (Fsp3) is 0.333. The van der Waals surface area contributed by atoms with Gasteiger partial charge in [-0.1, -0.05) is 18.2 Å². The fourth-order valence-corrected chi connectivity index (χ4v) is 3.29. The molecule has 0 spiro atoms. The van der Waals surface area contributed by atoms with Crippen LogP contribution in [0.1, 0.15) is 11.4 Å². The standard InChI is InChI=1S/C21H23N3O5/c1-24(10-20-22-17-5-3-2-4-16(17)21(26)23-20)9-15(25)12-27-11-14-6-7-18-19(8-14)29-13-28-18/h2-8,15,25H,9-13H2,1H3,(H,22,23,26)/t15-/m0/s1. The normalized spacial score (nSPS) is 13.9. The van der Waals surface area contributed by atoms with Gasteiger partial charge in [0.15, 0.2) is 11.5 Å². The van der Waals surface area contributed by atoms with E-state index in [1.165, 1.54) is 0 Å². The van der Waals surface area contributed by atoms with Gasteiger partial charge in [-0.3, -0.25) is 9.69 Å². The Morgan fingerprint density at radius 1 is 1.24 bits per heavy atom. The van der Waals surface area contributed by atoms with E-state index < -0.39 is 6.10 Å². The molecule has 0 amide bonds. The van der Waals surface area contributed by atoms with Crippen molar-refractivity contribution in [3.05, 3.63) is 64.2 Å². The summed E-state index contributed by atoms with van der Waals surface area (Å²) in [5.74, 6) is 2.00. The number of benzene rings is 2. The molecule has 0 bridgehead atoms. The molecule has 0 radical (unpaired) electrons. The lowest BCUT2D eigenvalue weighted by Gasteiger charge is -2.20. The SMILES string of the molecule is CN(Cc1nc2ccccc2c(=O)[nH]1)C[C@H](O)COCc1ccc2c(c1)OCO2. The third-order valence-electron chi connectivity index (χ3n) is 4.62. The Balaban J connectivity index is 1.26. The van der Waals surface area contributed by atoms with Gasteiger partial charge in [0.1, 0.15) is 5.82 Å². The van der Waals surface area contributed by atoms with Gasteiger partial charge < -0.3 is 24.3 Å². The van der Waals surface area contributed by atoms with Crippen molar-refractivity contribution >= 4 is 10.9 Å². The van der Waals surface area contributed by atoms with E-state index in [2.05, 4.69) is 9.97 Å². The van der Waals surface area contributed by atoms with E-state index in [1.54, 1.807) is 6.07 Å². The molecule has 29 heavy (non-hydrogen) atoms. The summed E-state index contributed by atoms with van der Waals surface area (Å²) in [6, 6.07) is 12.9. The number of rotatable bonds is 8. The summed E-state index contributed by atoms with van der Waals surface area (Å²) in [5.41, 5.74) is 1.45. The van der Waals surface area contributed by atoms with E-state index in [1.807, 2.05) is 48.3 Å². The highest BCUT2D eigenvalue weighted by molar-refractivity contribution is 5.77.